The lowest BCUT2D eigenvalue weighted by Crippen LogP contribution is -1.96. The Bertz CT molecular complexity index is 294. The van der Waals surface area contributed by atoms with Gasteiger partial charge in [0.05, 0.1) is 0 Å². The van der Waals surface area contributed by atoms with Crippen LogP contribution >= 0.6 is 11.6 Å². The van der Waals surface area contributed by atoms with Gasteiger partial charge >= 0.3 is 0 Å². The summed E-state index contributed by atoms with van der Waals surface area (Å²) in [7, 11) is 0. The van der Waals surface area contributed by atoms with E-state index in [1.54, 1.807) is 6.92 Å². The van der Waals surface area contributed by atoms with Crippen molar-refractivity contribution in [1.29, 1.82) is 0 Å². The van der Waals surface area contributed by atoms with Crippen LogP contribution in [0.2, 0.25) is 0 Å². The van der Waals surface area contributed by atoms with Crippen LogP contribution in [0.4, 0.5) is 0 Å². The van der Waals surface area contributed by atoms with E-state index in [1.807, 2.05) is 24.3 Å². The zero-order valence-electron chi connectivity index (χ0n) is 7.72. The molecule has 0 bridgehead atoms. The van der Waals surface area contributed by atoms with Crippen LogP contribution in [-0.4, -0.2) is 5.78 Å². The highest BCUT2D eigenvalue weighted by Gasteiger charge is 2.01. The first-order valence-electron chi connectivity index (χ1n) is 4.36. The standard InChI is InChI=1S/C11H13ClO/c1-9(13)6-7-10-4-2-3-5-11(10)8-12/h2-5H,6-8H2,1H3. The van der Waals surface area contributed by atoms with Gasteiger partial charge < -0.3 is 4.79 Å². The maximum Gasteiger partial charge on any atom is 0.130 e. The van der Waals surface area contributed by atoms with Crippen molar-refractivity contribution in [3.8, 4) is 0 Å². The number of benzene rings is 1. The van der Waals surface area contributed by atoms with Crippen molar-refractivity contribution in [2.75, 3.05) is 0 Å². The molecule has 0 aliphatic carbocycles. The first-order chi connectivity index (χ1) is 6.24. The number of halogens is 1. The minimum Gasteiger partial charge on any atom is -0.300 e. The molecule has 1 rings (SSSR count). The second-order valence-electron chi connectivity index (χ2n) is 3.10. The van der Waals surface area contributed by atoms with Crippen molar-refractivity contribution >= 4 is 17.4 Å². The molecule has 0 radical (unpaired) electrons. The topological polar surface area (TPSA) is 17.1 Å². The molecule has 0 amide bonds. The Morgan fingerprint density at radius 2 is 1.92 bits per heavy atom. The number of hydrogen-bond donors (Lipinski definition) is 0. The largest absolute Gasteiger partial charge is 0.300 e. The molecular formula is C11H13ClO. The second kappa shape index (κ2) is 5.03. The summed E-state index contributed by atoms with van der Waals surface area (Å²) in [6.45, 7) is 1.61. The molecule has 0 aliphatic heterocycles. The van der Waals surface area contributed by atoms with Gasteiger partial charge in [0.2, 0.25) is 0 Å². The number of Topliss-reactive ketones (excluding diaryl/α,β-unsaturated/α-hetero) is 1. The molecule has 0 N–H and O–H groups in total. The quantitative estimate of drug-likeness (QED) is 0.677. The van der Waals surface area contributed by atoms with Crippen LogP contribution in [0.25, 0.3) is 0 Å². The fraction of sp³-hybridized carbons (Fsp3) is 0.364. The maximum absolute atomic E-state index is 10.8. The molecule has 70 valence electrons. The molecule has 1 nitrogen and oxygen atoms in total. The number of hydrogen-bond acceptors (Lipinski definition) is 1. The Labute approximate surface area is 83.7 Å². The predicted octanol–water partition coefficient (Wildman–Crippen LogP) is 2.95. The van der Waals surface area contributed by atoms with Crippen LogP contribution in [0.15, 0.2) is 24.3 Å². The summed E-state index contributed by atoms with van der Waals surface area (Å²) in [6, 6.07) is 7.98. The van der Waals surface area contributed by atoms with E-state index < -0.39 is 0 Å². The van der Waals surface area contributed by atoms with E-state index in [2.05, 4.69) is 0 Å². The van der Waals surface area contributed by atoms with Crippen molar-refractivity contribution < 1.29 is 4.79 Å². The molecule has 0 saturated carbocycles. The van der Waals surface area contributed by atoms with Gasteiger partial charge in [-0.1, -0.05) is 24.3 Å². The smallest absolute Gasteiger partial charge is 0.130 e. The average molecular weight is 197 g/mol. The van der Waals surface area contributed by atoms with Crippen molar-refractivity contribution in [2.24, 2.45) is 0 Å². The fourth-order valence-electron chi connectivity index (χ4n) is 1.24. The van der Waals surface area contributed by atoms with Crippen LogP contribution in [0.5, 0.6) is 0 Å². The molecule has 1 aromatic rings. The summed E-state index contributed by atoms with van der Waals surface area (Å²) >= 11 is 5.76. The van der Waals surface area contributed by atoms with Gasteiger partial charge in [-0.25, -0.2) is 0 Å². The van der Waals surface area contributed by atoms with E-state index >= 15 is 0 Å². The summed E-state index contributed by atoms with van der Waals surface area (Å²) in [4.78, 5) is 10.8. The van der Waals surface area contributed by atoms with Crippen molar-refractivity contribution in [3.63, 3.8) is 0 Å². The second-order valence-corrected chi connectivity index (χ2v) is 3.37. The monoisotopic (exact) mass is 196 g/mol. The van der Waals surface area contributed by atoms with Gasteiger partial charge in [-0.15, -0.1) is 11.6 Å². The summed E-state index contributed by atoms with van der Waals surface area (Å²) in [5, 5.41) is 0. The SMILES string of the molecule is CC(=O)CCc1ccccc1CCl. The number of carbonyl (C=O) groups excluding carboxylic acids is 1. The number of alkyl halides is 1. The Hall–Kier alpha value is -0.820. The van der Waals surface area contributed by atoms with Crippen LogP contribution in [0.3, 0.4) is 0 Å². The lowest BCUT2D eigenvalue weighted by Gasteiger charge is -2.04. The molecule has 0 fully saturated rings. The molecule has 1 aromatic carbocycles. The average Bonchev–Trinajstić information content (AvgIpc) is 2.15. The molecule has 0 unspecified atom stereocenters. The van der Waals surface area contributed by atoms with E-state index in [0.717, 1.165) is 12.0 Å². The Morgan fingerprint density at radius 3 is 2.46 bits per heavy atom. The molecule has 0 aromatic heterocycles. The molecule has 13 heavy (non-hydrogen) atoms. The van der Waals surface area contributed by atoms with E-state index in [4.69, 9.17) is 11.6 Å². The number of ketones is 1. The highest BCUT2D eigenvalue weighted by molar-refractivity contribution is 6.17. The fourth-order valence-corrected chi connectivity index (χ4v) is 1.50. The third-order valence-corrected chi connectivity index (χ3v) is 2.30. The van der Waals surface area contributed by atoms with Gasteiger partial charge in [-0.3, -0.25) is 0 Å². The number of rotatable bonds is 4. The molecule has 0 spiro atoms. The number of aryl methyl sites for hydroxylation is 1. The lowest BCUT2D eigenvalue weighted by molar-refractivity contribution is -0.116. The van der Waals surface area contributed by atoms with Gasteiger partial charge in [0, 0.05) is 12.3 Å². The molecule has 0 aliphatic rings. The third-order valence-electron chi connectivity index (χ3n) is 2.01. The number of carbonyl (C=O) groups is 1. The summed E-state index contributed by atoms with van der Waals surface area (Å²) in [5.41, 5.74) is 2.32. The molecular weight excluding hydrogens is 184 g/mol. The zero-order valence-corrected chi connectivity index (χ0v) is 8.47. The van der Waals surface area contributed by atoms with Crippen molar-refractivity contribution in [1.82, 2.24) is 0 Å². The van der Waals surface area contributed by atoms with E-state index in [0.29, 0.717) is 12.3 Å². The third kappa shape index (κ3) is 3.19. The van der Waals surface area contributed by atoms with E-state index in [9.17, 15) is 4.79 Å². The van der Waals surface area contributed by atoms with Crippen LogP contribution in [0, 0.1) is 0 Å². The predicted molar refractivity (Wildman–Crippen MR) is 55.0 cm³/mol. The van der Waals surface area contributed by atoms with Crippen LogP contribution in [-0.2, 0) is 17.1 Å². The Morgan fingerprint density at radius 1 is 1.31 bits per heavy atom. The zero-order chi connectivity index (χ0) is 9.68. The normalized spacial score (nSPS) is 10.0. The molecule has 0 heterocycles. The van der Waals surface area contributed by atoms with Gasteiger partial charge in [-0.2, -0.15) is 0 Å². The van der Waals surface area contributed by atoms with Crippen molar-refractivity contribution in [2.45, 2.75) is 25.6 Å². The highest BCUT2D eigenvalue weighted by atomic mass is 35.5. The van der Waals surface area contributed by atoms with Gasteiger partial charge in [0.1, 0.15) is 5.78 Å². The summed E-state index contributed by atoms with van der Waals surface area (Å²) < 4.78 is 0. The van der Waals surface area contributed by atoms with Gasteiger partial charge in [0.15, 0.2) is 0 Å². The maximum atomic E-state index is 10.8. The Kier molecular flexibility index (Phi) is 3.97. The van der Waals surface area contributed by atoms with Crippen LogP contribution < -0.4 is 0 Å². The Balaban J connectivity index is 2.69. The first-order valence-corrected chi connectivity index (χ1v) is 4.89. The van der Waals surface area contributed by atoms with Crippen LogP contribution in [0.1, 0.15) is 24.5 Å². The first kappa shape index (κ1) is 10.3. The summed E-state index contributed by atoms with van der Waals surface area (Å²) in [6.07, 6.45) is 1.41. The highest BCUT2D eigenvalue weighted by Crippen LogP contribution is 2.13. The van der Waals surface area contributed by atoms with Gasteiger partial charge in [0.25, 0.3) is 0 Å². The van der Waals surface area contributed by atoms with E-state index in [1.165, 1.54) is 5.56 Å². The minimum atomic E-state index is 0.226. The van der Waals surface area contributed by atoms with Gasteiger partial charge in [-0.05, 0) is 24.5 Å². The minimum absolute atomic E-state index is 0.226. The lowest BCUT2D eigenvalue weighted by atomic mass is 10.0. The van der Waals surface area contributed by atoms with Crippen molar-refractivity contribution in [3.05, 3.63) is 35.4 Å². The molecule has 2 heteroatoms. The molecule has 0 saturated heterocycles. The summed E-state index contributed by atoms with van der Waals surface area (Å²) in [5.74, 6) is 0.748. The molecule has 0 atom stereocenters. The van der Waals surface area contributed by atoms with E-state index in [-0.39, 0.29) is 5.78 Å².